The van der Waals surface area contributed by atoms with Gasteiger partial charge in [-0.05, 0) is 0 Å². The van der Waals surface area contributed by atoms with Gasteiger partial charge in [0.25, 0.3) is 0 Å². The molecule has 0 aromatic carbocycles. The van der Waals surface area contributed by atoms with Crippen molar-refractivity contribution in [1.82, 2.24) is 0 Å². The van der Waals surface area contributed by atoms with Gasteiger partial charge in [0.15, 0.2) is 0 Å². The highest BCUT2D eigenvalue weighted by Gasteiger charge is 2.45. The molecule has 1 rings (SSSR count). The normalized spacial score (nSPS) is 31.9. The van der Waals surface area contributed by atoms with Gasteiger partial charge in [-0.2, -0.15) is 0 Å². The summed E-state index contributed by atoms with van der Waals surface area (Å²) in [5.74, 6) is -2.09. The summed E-state index contributed by atoms with van der Waals surface area (Å²) in [6.45, 7) is -0.443. The summed E-state index contributed by atoms with van der Waals surface area (Å²) in [6.07, 6.45) is -0.456. The third-order valence-corrected chi connectivity index (χ3v) is 1.31. The molecule has 10 heavy (non-hydrogen) atoms. The number of carbonyl (C=O) groups excluding carboxylic acids is 1. The van der Waals surface area contributed by atoms with Gasteiger partial charge in [-0.1, -0.05) is 0 Å². The van der Waals surface area contributed by atoms with Gasteiger partial charge in [0.1, 0.15) is 6.61 Å². The van der Waals surface area contributed by atoms with Crippen molar-refractivity contribution in [2.24, 2.45) is 0 Å². The number of esters is 1. The van der Waals surface area contributed by atoms with Crippen LogP contribution in [-0.2, 0) is 14.3 Å². The summed E-state index contributed by atoms with van der Waals surface area (Å²) in [6, 6.07) is 0. The van der Waals surface area contributed by atoms with Crippen LogP contribution in [0.2, 0.25) is 0 Å². The molecule has 2 N–H and O–H groups in total. The van der Waals surface area contributed by atoms with Crippen molar-refractivity contribution in [3.8, 4) is 0 Å². The second-order valence-corrected chi connectivity index (χ2v) is 2.17. The van der Waals surface area contributed by atoms with Crippen molar-refractivity contribution in [2.75, 3.05) is 6.61 Å². The molecule has 5 nitrogen and oxygen atoms in total. The zero-order valence-electron chi connectivity index (χ0n) is 5.03. The largest absolute Gasteiger partial charge is 0.479 e. The first-order valence-electron chi connectivity index (χ1n) is 2.66. The van der Waals surface area contributed by atoms with Crippen LogP contribution in [0.3, 0.4) is 0 Å². The van der Waals surface area contributed by atoms with Gasteiger partial charge in [0.05, 0.1) is 6.42 Å². The molecule has 0 aliphatic carbocycles. The summed E-state index contributed by atoms with van der Waals surface area (Å²) in [5, 5.41) is 17.3. The van der Waals surface area contributed by atoms with Crippen LogP contribution < -0.4 is 0 Å². The number of carboxylic acid groups (broad SMARTS) is 1. The maximum atomic E-state index is 10.3. The second kappa shape index (κ2) is 1.95. The Balaban J connectivity index is 2.72. The van der Waals surface area contributed by atoms with Gasteiger partial charge in [-0.3, -0.25) is 4.79 Å². The Morgan fingerprint density at radius 3 is 2.50 bits per heavy atom. The number of hydrogen-bond acceptors (Lipinski definition) is 4. The zero-order chi connectivity index (χ0) is 7.78. The van der Waals surface area contributed by atoms with Gasteiger partial charge in [0, 0.05) is 0 Å². The van der Waals surface area contributed by atoms with E-state index in [4.69, 9.17) is 10.2 Å². The summed E-state index contributed by atoms with van der Waals surface area (Å²) in [7, 11) is 0. The molecule has 0 aromatic heterocycles. The Morgan fingerprint density at radius 1 is 1.70 bits per heavy atom. The van der Waals surface area contributed by atoms with Crippen LogP contribution in [0.5, 0.6) is 0 Å². The van der Waals surface area contributed by atoms with Gasteiger partial charge < -0.3 is 14.9 Å². The van der Waals surface area contributed by atoms with Crippen molar-refractivity contribution in [1.29, 1.82) is 0 Å². The molecule has 0 spiro atoms. The lowest BCUT2D eigenvalue weighted by Gasteiger charge is -2.10. The first-order chi connectivity index (χ1) is 4.54. The van der Waals surface area contributed by atoms with Gasteiger partial charge in [0.2, 0.25) is 5.60 Å². The fourth-order valence-corrected chi connectivity index (χ4v) is 0.678. The third-order valence-electron chi connectivity index (χ3n) is 1.31. The standard InChI is InChI=1S/C5H6O5/c6-3-1-5(9,2-10-3)4(7)8/h9H,1-2H2,(H,7,8)/t5-/m1/s1. The average Bonchev–Trinajstić information content (AvgIpc) is 2.13. The summed E-state index contributed by atoms with van der Waals surface area (Å²) >= 11 is 0. The smallest absolute Gasteiger partial charge is 0.339 e. The number of carboxylic acids is 1. The second-order valence-electron chi connectivity index (χ2n) is 2.17. The van der Waals surface area contributed by atoms with Crippen molar-refractivity contribution in [3.05, 3.63) is 0 Å². The molecule has 0 aromatic rings. The molecule has 1 saturated heterocycles. The quantitative estimate of drug-likeness (QED) is 0.451. The van der Waals surface area contributed by atoms with E-state index in [1.165, 1.54) is 0 Å². The van der Waals surface area contributed by atoms with Crippen LogP contribution in [0.1, 0.15) is 6.42 Å². The number of ether oxygens (including phenoxy) is 1. The Labute approximate surface area is 56.2 Å². The van der Waals surface area contributed by atoms with E-state index in [2.05, 4.69) is 4.74 Å². The number of aliphatic hydroxyl groups is 1. The Kier molecular flexibility index (Phi) is 1.37. The summed E-state index contributed by atoms with van der Waals surface area (Å²) in [5.41, 5.74) is -1.99. The highest BCUT2D eigenvalue weighted by atomic mass is 16.6. The van der Waals surface area contributed by atoms with E-state index >= 15 is 0 Å². The fourth-order valence-electron chi connectivity index (χ4n) is 0.678. The molecule has 1 aliphatic rings. The van der Waals surface area contributed by atoms with Gasteiger partial charge in [-0.15, -0.1) is 0 Å². The number of cyclic esters (lactones) is 1. The third kappa shape index (κ3) is 0.950. The Morgan fingerprint density at radius 2 is 2.30 bits per heavy atom. The fraction of sp³-hybridized carbons (Fsp3) is 0.600. The molecule has 1 heterocycles. The molecule has 0 amide bonds. The number of carbonyl (C=O) groups is 2. The molecule has 0 saturated carbocycles. The predicted molar refractivity (Wildman–Crippen MR) is 28.2 cm³/mol. The first-order valence-corrected chi connectivity index (χ1v) is 2.66. The molecular weight excluding hydrogens is 140 g/mol. The number of rotatable bonds is 1. The number of aliphatic carboxylic acids is 1. The highest BCUT2D eigenvalue weighted by Crippen LogP contribution is 2.18. The molecule has 0 unspecified atom stereocenters. The molecule has 0 radical (unpaired) electrons. The van der Waals surface area contributed by atoms with E-state index in [1.54, 1.807) is 0 Å². The number of hydrogen-bond donors (Lipinski definition) is 2. The van der Waals surface area contributed by atoms with E-state index in [-0.39, 0.29) is 0 Å². The monoisotopic (exact) mass is 146 g/mol. The van der Waals surface area contributed by atoms with Crippen LogP contribution in [0, 0.1) is 0 Å². The lowest BCUT2D eigenvalue weighted by Crippen LogP contribution is -2.38. The Bertz CT molecular complexity index is 186. The topological polar surface area (TPSA) is 83.8 Å². The van der Waals surface area contributed by atoms with E-state index in [9.17, 15) is 9.59 Å². The molecule has 1 atom stereocenters. The minimum absolute atomic E-state index is 0.443. The average molecular weight is 146 g/mol. The minimum atomic E-state index is -1.99. The van der Waals surface area contributed by atoms with Crippen molar-refractivity contribution in [3.63, 3.8) is 0 Å². The zero-order valence-corrected chi connectivity index (χ0v) is 5.03. The molecule has 1 aliphatic heterocycles. The van der Waals surface area contributed by atoms with Crippen LogP contribution in [0.4, 0.5) is 0 Å². The van der Waals surface area contributed by atoms with Crippen LogP contribution in [0.15, 0.2) is 0 Å². The summed E-state index contributed by atoms with van der Waals surface area (Å²) < 4.78 is 4.26. The molecule has 0 bridgehead atoms. The maximum Gasteiger partial charge on any atom is 0.339 e. The molecular formula is C5H6O5. The van der Waals surface area contributed by atoms with Crippen molar-refractivity contribution in [2.45, 2.75) is 12.0 Å². The Hall–Kier alpha value is -1.10. The minimum Gasteiger partial charge on any atom is -0.479 e. The summed E-state index contributed by atoms with van der Waals surface area (Å²) in [4.78, 5) is 20.5. The highest BCUT2D eigenvalue weighted by molar-refractivity contribution is 5.87. The van der Waals surface area contributed by atoms with Gasteiger partial charge >= 0.3 is 11.9 Å². The van der Waals surface area contributed by atoms with Crippen LogP contribution >= 0.6 is 0 Å². The van der Waals surface area contributed by atoms with E-state index in [0.717, 1.165) is 0 Å². The van der Waals surface area contributed by atoms with E-state index in [0.29, 0.717) is 0 Å². The van der Waals surface area contributed by atoms with E-state index in [1.807, 2.05) is 0 Å². The van der Waals surface area contributed by atoms with Crippen molar-refractivity contribution >= 4 is 11.9 Å². The molecule has 1 fully saturated rings. The molecule has 56 valence electrons. The van der Waals surface area contributed by atoms with Crippen molar-refractivity contribution < 1.29 is 24.5 Å². The lowest BCUT2D eigenvalue weighted by molar-refractivity contribution is -0.158. The SMILES string of the molecule is O=C1C[C@](O)(C(=O)O)CO1. The maximum absolute atomic E-state index is 10.3. The first kappa shape index (κ1) is 7.01. The van der Waals surface area contributed by atoms with Crippen LogP contribution in [0.25, 0.3) is 0 Å². The van der Waals surface area contributed by atoms with Gasteiger partial charge in [-0.25, -0.2) is 4.79 Å². The van der Waals surface area contributed by atoms with Crippen LogP contribution in [-0.4, -0.2) is 34.4 Å². The van der Waals surface area contributed by atoms with E-state index < -0.39 is 30.6 Å². The predicted octanol–water partition coefficient (Wildman–Crippen LogP) is -1.25. The molecule has 5 heteroatoms. The lowest BCUT2D eigenvalue weighted by atomic mass is 10.0.